The first kappa shape index (κ1) is 23.5. The molecule has 1 spiro atoms. The van der Waals surface area contributed by atoms with E-state index in [1.165, 1.54) is 13.8 Å². The quantitative estimate of drug-likeness (QED) is 0.446. The molecule has 0 unspecified atom stereocenters. The maximum Gasteiger partial charge on any atom is 0.331 e. The van der Waals surface area contributed by atoms with Crippen LogP contribution >= 0.6 is 0 Å². The number of hydrogen-bond donors (Lipinski definition) is 0. The average molecular weight is 498 g/mol. The van der Waals surface area contributed by atoms with Crippen LogP contribution in [0.1, 0.15) is 44.4 Å². The number of esters is 2. The van der Waals surface area contributed by atoms with Gasteiger partial charge in [-0.1, -0.05) is 60.7 Å². The van der Waals surface area contributed by atoms with E-state index in [1.54, 1.807) is 6.92 Å². The minimum atomic E-state index is -3.99. The van der Waals surface area contributed by atoms with E-state index in [9.17, 15) is 22.8 Å². The summed E-state index contributed by atoms with van der Waals surface area (Å²) in [6.07, 6.45) is -0.666. The second kappa shape index (κ2) is 7.91. The zero-order valence-corrected chi connectivity index (χ0v) is 20.5. The van der Waals surface area contributed by atoms with Crippen LogP contribution in [0.25, 0.3) is 0 Å². The Kier molecular flexibility index (Phi) is 5.32. The van der Waals surface area contributed by atoms with Crippen molar-refractivity contribution in [3.8, 4) is 0 Å². The Bertz CT molecular complexity index is 1250. The van der Waals surface area contributed by atoms with Gasteiger partial charge in [-0.3, -0.25) is 9.59 Å². The van der Waals surface area contributed by atoms with Gasteiger partial charge in [-0.25, -0.2) is 13.2 Å². The number of rotatable bonds is 6. The number of sulfone groups is 1. The third-order valence-electron chi connectivity index (χ3n) is 7.53. The molecule has 5 rings (SSSR count). The highest BCUT2D eigenvalue weighted by Gasteiger charge is 2.87. The number of β-lactam (4-membered cyclic amide) rings is 1. The maximum absolute atomic E-state index is 13.6. The molecule has 3 fully saturated rings. The molecule has 4 atom stereocenters. The van der Waals surface area contributed by atoms with E-state index in [0.29, 0.717) is 0 Å². The average Bonchev–Trinajstić information content (AvgIpc) is 3.58. The van der Waals surface area contributed by atoms with Gasteiger partial charge in [-0.2, -0.15) is 0 Å². The lowest BCUT2D eigenvalue weighted by Gasteiger charge is -2.44. The van der Waals surface area contributed by atoms with Crippen LogP contribution in [0, 0.1) is 11.3 Å². The third kappa shape index (κ3) is 3.17. The monoisotopic (exact) mass is 497 g/mol. The Balaban J connectivity index is 1.48. The Labute approximate surface area is 204 Å². The zero-order valence-electron chi connectivity index (χ0n) is 19.7. The van der Waals surface area contributed by atoms with Crippen LogP contribution in [0.5, 0.6) is 0 Å². The normalized spacial score (nSPS) is 29.4. The molecule has 8 nitrogen and oxygen atoms in total. The maximum atomic E-state index is 13.6. The Morgan fingerprint density at radius 1 is 1.00 bits per heavy atom. The minimum absolute atomic E-state index is 0.111. The molecular formula is C26H27NO7S. The molecule has 2 aliphatic heterocycles. The summed E-state index contributed by atoms with van der Waals surface area (Å²) in [6.45, 7) is 4.67. The summed E-state index contributed by atoms with van der Waals surface area (Å²) >= 11 is 0. The molecule has 2 aromatic rings. The van der Waals surface area contributed by atoms with Crippen molar-refractivity contribution in [1.29, 1.82) is 0 Å². The molecule has 0 radical (unpaired) electrons. The fourth-order valence-electron chi connectivity index (χ4n) is 5.58. The molecule has 9 heteroatoms. The van der Waals surface area contributed by atoms with Crippen molar-refractivity contribution in [3.05, 3.63) is 71.8 Å². The van der Waals surface area contributed by atoms with Crippen molar-refractivity contribution in [2.24, 2.45) is 11.3 Å². The highest BCUT2D eigenvalue weighted by Crippen LogP contribution is 2.69. The predicted octanol–water partition coefficient (Wildman–Crippen LogP) is 2.63. The van der Waals surface area contributed by atoms with Crippen LogP contribution in [0.4, 0.5) is 0 Å². The first-order chi connectivity index (χ1) is 16.6. The molecule has 2 heterocycles. The van der Waals surface area contributed by atoms with Crippen LogP contribution in [-0.4, -0.2) is 53.9 Å². The highest BCUT2D eigenvalue weighted by molar-refractivity contribution is 7.94. The molecule has 2 aromatic carbocycles. The summed E-state index contributed by atoms with van der Waals surface area (Å²) in [5.74, 6) is -2.69. The second-order valence-electron chi connectivity index (χ2n) is 9.80. The first-order valence-corrected chi connectivity index (χ1v) is 13.2. The fourth-order valence-corrected chi connectivity index (χ4v) is 8.11. The Hall–Kier alpha value is -3.20. The molecule has 0 bridgehead atoms. The molecule has 184 valence electrons. The summed E-state index contributed by atoms with van der Waals surface area (Å²) in [4.78, 5) is 40.4. The van der Waals surface area contributed by atoms with Gasteiger partial charge in [0, 0.05) is 0 Å². The van der Waals surface area contributed by atoms with Crippen molar-refractivity contribution in [2.45, 2.75) is 49.5 Å². The zero-order chi connectivity index (χ0) is 25.2. The third-order valence-corrected chi connectivity index (χ3v) is 10.5. The molecule has 2 saturated heterocycles. The van der Waals surface area contributed by atoms with Gasteiger partial charge in [-0.05, 0) is 38.3 Å². The lowest BCUT2D eigenvalue weighted by atomic mass is 9.87. The van der Waals surface area contributed by atoms with Gasteiger partial charge in [0.1, 0.15) is 6.04 Å². The molecule has 35 heavy (non-hydrogen) atoms. The largest absolute Gasteiger partial charge is 0.466 e. The molecule has 1 aliphatic carbocycles. The van der Waals surface area contributed by atoms with E-state index >= 15 is 0 Å². The van der Waals surface area contributed by atoms with E-state index in [1.807, 2.05) is 60.7 Å². The molecule has 1 saturated carbocycles. The van der Waals surface area contributed by atoms with Gasteiger partial charge < -0.3 is 14.4 Å². The predicted molar refractivity (Wildman–Crippen MR) is 125 cm³/mol. The number of carbonyl (C=O) groups is 3. The summed E-state index contributed by atoms with van der Waals surface area (Å²) in [6, 6.07) is 16.9. The number of amides is 1. The van der Waals surface area contributed by atoms with Crippen LogP contribution < -0.4 is 0 Å². The lowest BCUT2D eigenvalue weighted by molar-refractivity contribution is -0.173. The lowest BCUT2D eigenvalue weighted by Crippen LogP contribution is -2.66. The van der Waals surface area contributed by atoms with Gasteiger partial charge >= 0.3 is 11.9 Å². The van der Waals surface area contributed by atoms with Crippen molar-refractivity contribution < 1.29 is 32.3 Å². The van der Waals surface area contributed by atoms with Crippen molar-refractivity contribution >= 4 is 27.7 Å². The Morgan fingerprint density at radius 2 is 1.54 bits per heavy atom. The number of carbonyl (C=O) groups excluding carboxylic acids is 3. The van der Waals surface area contributed by atoms with Crippen LogP contribution in [0.3, 0.4) is 0 Å². The van der Waals surface area contributed by atoms with Crippen molar-refractivity contribution in [3.63, 3.8) is 0 Å². The summed E-state index contributed by atoms with van der Waals surface area (Å²) in [5, 5.41) is -1.24. The number of benzene rings is 2. The van der Waals surface area contributed by atoms with Gasteiger partial charge in [-0.15, -0.1) is 0 Å². The van der Waals surface area contributed by atoms with E-state index < -0.39 is 61.3 Å². The molecule has 3 aliphatic rings. The highest BCUT2D eigenvalue weighted by atomic mass is 32.2. The number of hydrogen-bond acceptors (Lipinski definition) is 7. The first-order valence-electron chi connectivity index (χ1n) is 11.6. The topological polar surface area (TPSA) is 107 Å². The summed E-state index contributed by atoms with van der Waals surface area (Å²) in [7, 11) is -3.99. The standard InChI is InChI=1S/C26H27NO7S/c1-4-33-21(28)18-15-26(18)23(30)27-20(25(2,3)35(31,32)24(26)27)22(29)34-19(16-11-7-5-8-12-16)17-13-9-6-10-14-17/h5-14,18-20,24H,4,15H2,1-3H3/t18-,20-,24+,26+/m0/s1. The number of ether oxygens (including phenoxy) is 2. The van der Waals surface area contributed by atoms with Crippen molar-refractivity contribution in [2.75, 3.05) is 6.61 Å². The Morgan fingerprint density at radius 3 is 2.06 bits per heavy atom. The molecule has 1 amide bonds. The van der Waals surface area contributed by atoms with Crippen molar-refractivity contribution in [1.82, 2.24) is 4.90 Å². The van der Waals surface area contributed by atoms with Gasteiger partial charge in [0.15, 0.2) is 21.3 Å². The number of nitrogens with zero attached hydrogens (tertiary/aromatic N) is 1. The molecular weight excluding hydrogens is 470 g/mol. The van der Waals surface area contributed by atoms with Crippen LogP contribution in [0.15, 0.2) is 60.7 Å². The minimum Gasteiger partial charge on any atom is -0.466 e. The molecule has 0 aromatic heterocycles. The van der Waals surface area contributed by atoms with E-state index in [4.69, 9.17) is 9.47 Å². The second-order valence-corrected chi connectivity index (χ2v) is 12.4. The fraction of sp³-hybridized carbons (Fsp3) is 0.423. The van der Waals surface area contributed by atoms with Gasteiger partial charge in [0.05, 0.1) is 22.7 Å². The molecule has 0 N–H and O–H groups in total. The van der Waals surface area contributed by atoms with Gasteiger partial charge in [0.25, 0.3) is 0 Å². The summed E-state index contributed by atoms with van der Waals surface area (Å²) in [5.41, 5.74) is 0.104. The van der Waals surface area contributed by atoms with E-state index in [2.05, 4.69) is 0 Å². The number of fused-ring (bicyclic) bond motifs is 2. The smallest absolute Gasteiger partial charge is 0.331 e. The summed E-state index contributed by atoms with van der Waals surface area (Å²) < 4.78 is 36.6. The van der Waals surface area contributed by atoms with Crippen LogP contribution in [-0.2, 0) is 33.7 Å². The SMILES string of the molecule is CCOC(=O)[C@@H]1C[C@]12C(=O)N1[C@@H](C(=O)OC(c3ccccc3)c3ccccc3)C(C)(C)S(=O)(=O)[C@@H]12. The van der Waals surface area contributed by atoms with Gasteiger partial charge in [0.2, 0.25) is 5.91 Å². The van der Waals surface area contributed by atoms with E-state index in [0.717, 1.165) is 16.0 Å². The van der Waals surface area contributed by atoms with Crippen LogP contribution in [0.2, 0.25) is 0 Å². The van der Waals surface area contributed by atoms with E-state index in [-0.39, 0.29) is 13.0 Å².